The summed E-state index contributed by atoms with van der Waals surface area (Å²) in [5, 5.41) is 12.2. The highest BCUT2D eigenvalue weighted by atomic mass is 16.3. The first-order valence-corrected chi connectivity index (χ1v) is 8.88. The second-order valence-corrected chi connectivity index (χ2v) is 7.09. The average Bonchev–Trinajstić information content (AvgIpc) is 3.02. The smallest absolute Gasteiger partial charge is 0.105 e. The van der Waals surface area contributed by atoms with E-state index in [1.54, 1.807) is 6.20 Å². The van der Waals surface area contributed by atoms with Crippen molar-refractivity contribution in [2.45, 2.75) is 38.5 Å². The largest absolute Gasteiger partial charge is 0.388 e. The van der Waals surface area contributed by atoms with Gasteiger partial charge >= 0.3 is 0 Å². The fourth-order valence-corrected chi connectivity index (χ4v) is 3.72. The fourth-order valence-electron chi connectivity index (χ4n) is 3.72. The van der Waals surface area contributed by atoms with Crippen molar-refractivity contribution < 1.29 is 5.11 Å². The lowest BCUT2D eigenvalue weighted by Crippen LogP contribution is -2.46. The van der Waals surface area contributed by atoms with Crippen LogP contribution in [0, 0.1) is 6.92 Å². The highest BCUT2D eigenvalue weighted by Gasteiger charge is 2.33. The molecule has 1 aliphatic heterocycles. The molecule has 25 heavy (non-hydrogen) atoms. The SMILES string of the molecule is Cc1nccn1CC1(O)CCN(Cc2cccc3ncccc23)CC1. The van der Waals surface area contributed by atoms with Gasteiger partial charge in [0.15, 0.2) is 0 Å². The maximum absolute atomic E-state index is 10.9. The second-order valence-electron chi connectivity index (χ2n) is 7.09. The van der Waals surface area contributed by atoms with E-state index in [1.165, 1.54) is 10.9 Å². The molecule has 1 saturated heterocycles. The van der Waals surface area contributed by atoms with E-state index in [4.69, 9.17) is 0 Å². The molecule has 1 N–H and O–H groups in total. The topological polar surface area (TPSA) is 54.2 Å². The summed E-state index contributed by atoms with van der Waals surface area (Å²) in [5.74, 6) is 0.958. The Morgan fingerprint density at radius 2 is 1.92 bits per heavy atom. The summed E-state index contributed by atoms with van der Waals surface area (Å²) in [4.78, 5) is 11.1. The van der Waals surface area contributed by atoms with E-state index < -0.39 is 5.60 Å². The van der Waals surface area contributed by atoms with Crippen LogP contribution in [0.3, 0.4) is 0 Å². The van der Waals surface area contributed by atoms with Crippen LogP contribution in [0.2, 0.25) is 0 Å². The molecule has 1 aliphatic rings. The molecule has 2 aromatic heterocycles. The van der Waals surface area contributed by atoms with Gasteiger partial charge in [-0.05, 0) is 37.5 Å². The van der Waals surface area contributed by atoms with Crippen LogP contribution < -0.4 is 0 Å². The summed E-state index contributed by atoms with van der Waals surface area (Å²) in [5.41, 5.74) is 1.72. The van der Waals surface area contributed by atoms with Gasteiger partial charge < -0.3 is 9.67 Å². The van der Waals surface area contributed by atoms with Gasteiger partial charge in [0, 0.05) is 43.6 Å². The van der Waals surface area contributed by atoms with Crippen molar-refractivity contribution in [1.29, 1.82) is 0 Å². The van der Waals surface area contributed by atoms with Crippen LogP contribution in [0.4, 0.5) is 0 Å². The van der Waals surface area contributed by atoms with Crippen molar-refractivity contribution in [2.24, 2.45) is 0 Å². The summed E-state index contributed by atoms with van der Waals surface area (Å²) in [6.45, 7) is 5.32. The van der Waals surface area contributed by atoms with Crippen LogP contribution in [0.1, 0.15) is 24.2 Å². The Hall–Kier alpha value is -2.24. The molecule has 5 heteroatoms. The number of aryl methyl sites for hydroxylation is 1. The van der Waals surface area contributed by atoms with Crippen molar-refractivity contribution in [3.63, 3.8) is 0 Å². The number of nitrogens with zero attached hydrogens (tertiary/aromatic N) is 4. The molecule has 0 spiro atoms. The highest BCUT2D eigenvalue weighted by Crippen LogP contribution is 2.27. The van der Waals surface area contributed by atoms with E-state index >= 15 is 0 Å². The highest BCUT2D eigenvalue weighted by molar-refractivity contribution is 5.81. The molecule has 1 aromatic carbocycles. The average molecular weight is 336 g/mol. The molecular formula is C20H24N4O. The predicted octanol–water partition coefficient (Wildman–Crippen LogP) is 2.77. The number of imidazole rings is 1. The maximum atomic E-state index is 10.9. The lowest BCUT2D eigenvalue weighted by molar-refractivity contribution is -0.0360. The molecule has 4 rings (SSSR count). The molecule has 5 nitrogen and oxygen atoms in total. The first-order chi connectivity index (χ1) is 12.1. The normalized spacial score (nSPS) is 17.8. The van der Waals surface area contributed by atoms with E-state index in [0.29, 0.717) is 6.54 Å². The van der Waals surface area contributed by atoms with Crippen molar-refractivity contribution in [3.05, 3.63) is 60.3 Å². The third-order valence-corrected chi connectivity index (χ3v) is 5.31. The Bertz CT molecular complexity index is 860. The summed E-state index contributed by atoms with van der Waals surface area (Å²) >= 11 is 0. The number of pyridine rings is 1. The molecule has 0 unspecified atom stereocenters. The van der Waals surface area contributed by atoms with Gasteiger partial charge in [0.25, 0.3) is 0 Å². The van der Waals surface area contributed by atoms with Gasteiger partial charge in [0.1, 0.15) is 5.82 Å². The quantitative estimate of drug-likeness (QED) is 0.796. The Kier molecular flexibility index (Phi) is 4.27. The maximum Gasteiger partial charge on any atom is 0.105 e. The number of likely N-dealkylation sites (tertiary alicyclic amines) is 1. The van der Waals surface area contributed by atoms with Crippen LogP contribution in [0.15, 0.2) is 48.9 Å². The van der Waals surface area contributed by atoms with Crippen molar-refractivity contribution in [1.82, 2.24) is 19.4 Å². The number of rotatable bonds is 4. The molecule has 3 aromatic rings. The van der Waals surface area contributed by atoms with Crippen LogP contribution in [-0.2, 0) is 13.1 Å². The van der Waals surface area contributed by atoms with E-state index in [9.17, 15) is 5.11 Å². The van der Waals surface area contributed by atoms with Crippen LogP contribution in [0.5, 0.6) is 0 Å². The second kappa shape index (κ2) is 6.58. The Balaban J connectivity index is 1.42. The standard InChI is InChI=1S/C20H24N4O/c1-16-21-10-13-24(16)15-20(25)7-11-23(12-8-20)14-17-4-2-6-19-18(17)5-3-9-22-19/h2-6,9-10,13,25H,7-8,11-12,14-15H2,1H3. The minimum Gasteiger partial charge on any atom is -0.388 e. The zero-order valence-corrected chi connectivity index (χ0v) is 14.6. The van der Waals surface area contributed by atoms with E-state index in [1.807, 2.05) is 30.0 Å². The van der Waals surface area contributed by atoms with Crippen molar-refractivity contribution >= 4 is 10.9 Å². The summed E-state index contributed by atoms with van der Waals surface area (Å²) in [6.07, 6.45) is 7.15. The monoisotopic (exact) mass is 336 g/mol. The third kappa shape index (κ3) is 3.43. The zero-order valence-electron chi connectivity index (χ0n) is 14.6. The first kappa shape index (κ1) is 16.2. The summed E-state index contributed by atoms with van der Waals surface area (Å²) in [7, 11) is 0. The number of hydrogen-bond donors (Lipinski definition) is 1. The van der Waals surface area contributed by atoms with Crippen molar-refractivity contribution in [2.75, 3.05) is 13.1 Å². The molecule has 1 fully saturated rings. The lowest BCUT2D eigenvalue weighted by Gasteiger charge is -2.38. The molecule has 0 aliphatic carbocycles. The minimum atomic E-state index is -0.637. The molecule has 0 radical (unpaired) electrons. The number of hydrogen-bond acceptors (Lipinski definition) is 4. The Labute approximate surface area is 147 Å². The molecule has 3 heterocycles. The van der Waals surface area contributed by atoms with Crippen molar-refractivity contribution in [3.8, 4) is 0 Å². The van der Waals surface area contributed by atoms with E-state index in [2.05, 4.69) is 39.1 Å². The van der Waals surface area contributed by atoms with Gasteiger partial charge in [0.05, 0.1) is 17.7 Å². The molecule has 0 atom stereocenters. The number of aliphatic hydroxyl groups is 1. The van der Waals surface area contributed by atoms with Gasteiger partial charge in [-0.2, -0.15) is 0 Å². The lowest BCUT2D eigenvalue weighted by atomic mass is 9.91. The number of benzene rings is 1. The van der Waals surface area contributed by atoms with Gasteiger partial charge in [-0.25, -0.2) is 4.98 Å². The number of aromatic nitrogens is 3. The minimum absolute atomic E-state index is 0.630. The number of piperidine rings is 1. The fraction of sp³-hybridized carbons (Fsp3) is 0.400. The predicted molar refractivity (Wildman–Crippen MR) is 98.2 cm³/mol. The van der Waals surface area contributed by atoms with Gasteiger partial charge in [0.2, 0.25) is 0 Å². The third-order valence-electron chi connectivity index (χ3n) is 5.31. The van der Waals surface area contributed by atoms with Gasteiger partial charge in [-0.3, -0.25) is 9.88 Å². The molecule has 0 saturated carbocycles. The number of fused-ring (bicyclic) bond motifs is 1. The molecular weight excluding hydrogens is 312 g/mol. The first-order valence-electron chi connectivity index (χ1n) is 8.88. The van der Waals surface area contributed by atoms with E-state index in [0.717, 1.165) is 43.8 Å². The zero-order chi connectivity index (χ0) is 17.3. The van der Waals surface area contributed by atoms with Crippen LogP contribution in [-0.4, -0.2) is 43.2 Å². The van der Waals surface area contributed by atoms with Gasteiger partial charge in [-0.1, -0.05) is 18.2 Å². The van der Waals surface area contributed by atoms with Crippen LogP contribution >= 0.6 is 0 Å². The summed E-state index contributed by atoms with van der Waals surface area (Å²) < 4.78 is 2.05. The Morgan fingerprint density at radius 1 is 1.08 bits per heavy atom. The Morgan fingerprint density at radius 3 is 2.68 bits per heavy atom. The van der Waals surface area contributed by atoms with Crippen LogP contribution in [0.25, 0.3) is 10.9 Å². The summed E-state index contributed by atoms with van der Waals surface area (Å²) in [6, 6.07) is 10.4. The molecule has 0 bridgehead atoms. The van der Waals surface area contributed by atoms with Gasteiger partial charge in [-0.15, -0.1) is 0 Å². The molecule has 0 amide bonds. The van der Waals surface area contributed by atoms with E-state index in [-0.39, 0.29) is 0 Å². The molecule has 130 valence electrons.